The summed E-state index contributed by atoms with van der Waals surface area (Å²) in [6.45, 7) is 0. The van der Waals surface area contributed by atoms with Crippen LogP contribution in [0.5, 0.6) is 0 Å². The van der Waals surface area contributed by atoms with Gasteiger partial charge in [-0.25, -0.2) is 4.79 Å². The minimum Gasteiger partial charge on any atom is -0.480 e. The molecule has 0 spiro atoms. The van der Waals surface area contributed by atoms with Gasteiger partial charge in [-0.05, 0) is 69.8 Å². The van der Waals surface area contributed by atoms with Gasteiger partial charge in [-0.2, -0.15) is 0 Å². The number of Topliss-reactive ketones (excluding diaryl/α,β-unsaturated/α-hetero) is 1. The fourth-order valence-electron chi connectivity index (χ4n) is 8.10. The molecule has 1 aromatic heterocycles. The van der Waals surface area contributed by atoms with Crippen LogP contribution in [0.1, 0.15) is 46.4 Å². The topological polar surface area (TPSA) is 200 Å². The molecule has 0 aliphatic carbocycles. The first-order chi connectivity index (χ1) is 32.9. The molecule has 5 atom stereocenters. The zero-order chi connectivity index (χ0) is 47.8. The molecule has 0 saturated carbocycles. The number of hydrogen-bond donors (Lipinski definition) is 6. The quantitative estimate of drug-likeness (QED) is 0.0773. The molecule has 13 nitrogen and oxygen atoms in total. The maximum absolute atomic E-state index is 14.8. The first-order valence-corrected chi connectivity index (χ1v) is 23.4. The number of fused-ring (bicyclic) bond motifs is 18. The summed E-state index contributed by atoms with van der Waals surface area (Å²) < 4.78 is 0. The Bertz CT molecular complexity index is 2660. The molecule has 0 saturated heterocycles. The van der Waals surface area contributed by atoms with E-state index < -0.39 is 71.4 Å². The first-order valence-electron chi connectivity index (χ1n) is 22.5. The highest BCUT2D eigenvalue weighted by Gasteiger charge is 2.34. The summed E-state index contributed by atoms with van der Waals surface area (Å²) in [6, 6.07) is 40.7. The maximum atomic E-state index is 14.8. The predicted molar refractivity (Wildman–Crippen MR) is 260 cm³/mol. The Morgan fingerprint density at radius 1 is 0.574 bits per heavy atom. The molecular formula is C54H53N5O8S. The van der Waals surface area contributed by atoms with E-state index in [4.69, 9.17) is 0 Å². The minimum atomic E-state index is -1.31. The third-order valence-corrected chi connectivity index (χ3v) is 12.7. The van der Waals surface area contributed by atoms with Gasteiger partial charge < -0.3 is 31.7 Å². The number of anilines is 1. The molecule has 6 aromatic rings. The molecule has 5 aromatic carbocycles. The molecule has 2 aliphatic rings. The van der Waals surface area contributed by atoms with Gasteiger partial charge in [-0.15, -0.1) is 11.3 Å². The first kappa shape index (κ1) is 48.2. The van der Waals surface area contributed by atoms with Crippen molar-refractivity contribution >= 4 is 58.3 Å². The zero-order valence-electron chi connectivity index (χ0n) is 37.3. The number of ketones is 1. The molecule has 2 bridgehead atoms. The molecule has 68 heavy (non-hydrogen) atoms. The number of aliphatic carboxylic acids is 1. The molecule has 6 N–H and O–H groups in total. The van der Waals surface area contributed by atoms with E-state index in [0.717, 1.165) is 21.6 Å². The van der Waals surface area contributed by atoms with Crippen molar-refractivity contribution in [2.45, 2.75) is 75.5 Å². The second kappa shape index (κ2) is 23.7. The number of nitrogens with one attached hydrogen (secondary N) is 5. The Balaban J connectivity index is 1.23. The lowest BCUT2D eigenvalue weighted by Gasteiger charge is -2.27. The number of hydrogen-bond acceptors (Lipinski definition) is 8. The molecule has 5 amide bonds. The van der Waals surface area contributed by atoms with Gasteiger partial charge in [0.2, 0.25) is 29.5 Å². The van der Waals surface area contributed by atoms with Gasteiger partial charge in [-0.3, -0.25) is 28.8 Å². The Morgan fingerprint density at radius 3 is 1.76 bits per heavy atom. The average molecular weight is 932 g/mol. The Morgan fingerprint density at radius 2 is 1.13 bits per heavy atom. The number of amides is 5. The SMILES string of the molecule is O=C1CCC(=O)N[C@H](Cc2cccs2)C(=O)N[C@@H](Cc2ccc(-c3ccccc3)cc2)C(=O)N[C@H](Cc2ccccc2)C(=O)C[C@H](C(=O)N[C@H](Cc2ccccc2)C(=O)O)Cc2ccc(cc2)N1. The van der Waals surface area contributed by atoms with E-state index in [9.17, 15) is 38.7 Å². The van der Waals surface area contributed by atoms with Crippen LogP contribution in [-0.2, 0) is 65.7 Å². The van der Waals surface area contributed by atoms with Crippen LogP contribution in [0.2, 0.25) is 0 Å². The summed E-state index contributed by atoms with van der Waals surface area (Å²) in [4.78, 5) is 98.0. The summed E-state index contributed by atoms with van der Waals surface area (Å²) in [7, 11) is 0. The summed E-state index contributed by atoms with van der Waals surface area (Å²) in [5.74, 6) is -5.79. The molecule has 3 heterocycles. The van der Waals surface area contributed by atoms with Crippen molar-refractivity contribution in [3.8, 4) is 11.1 Å². The van der Waals surface area contributed by atoms with E-state index in [1.54, 1.807) is 66.7 Å². The van der Waals surface area contributed by atoms with E-state index in [1.807, 2.05) is 90.3 Å². The third-order valence-electron chi connectivity index (χ3n) is 11.8. The lowest BCUT2D eigenvalue weighted by Crippen LogP contribution is -2.57. The van der Waals surface area contributed by atoms with Crippen LogP contribution in [0.25, 0.3) is 11.1 Å². The van der Waals surface area contributed by atoms with E-state index in [0.29, 0.717) is 22.4 Å². The summed E-state index contributed by atoms with van der Waals surface area (Å²) >= 11 is 1.40. The number of rotatable bonds is 12. The molecule has 0 unspecified atom stereocenters. The van der Waals surface area contributed by atoms with Crippen molar-refractivity contribution in [2.24, 2.45) is 5.92 Å². The molecule has 2 aliphatic heterocycles. The summed E-state index contributed by atoms with van der Waals surface area (Å²) in [5.41, 5.74) is 5.11. The highest BCUT2D eigenvalue weighted by Crippen LogP contribution is 2.22. The number of carbonyl (C=O) groups excluding carboxylic acids is 6. The van der Waals surface area contributed by atoms with E-state index in [1.165, 1.54) is 11.3 Å². The van der Waals surface area contributed by atoms with Crippen molar-refractivity contribution in [1.82, 2.24) is 21.3 Å². The Hall–Kier alpha value is -7.71. The van der Waals surface area contributed by atoms with Crippen molar-refractivity contribution in [3.63, 3.8) is 0 Å². The molecule has 0 fully saturated rings. The smallest absolute Gasteiger partial charge is 0.326 e. The van der Waals surface area contributed by atoms with Crippen LogP contribution in [0.3, 0.4) is 0 Å². The summed E-state index contributed by atoms with van der Waals surface area (Å²) in [6.07, 6.45) is -0.614. The van der Waals surface area contributed by atoms with Gasteiger partial charge >= 0.3 is 5.97 Å². The Labute approximate surface area is 398 Å². The second-order valence-electron chi connectivity index (χ2n) is 16.9. The van der Waals surface area contributed by atoms with Crippen LogP contribution in [0, 0.1) is 5.92 Å². The number of carboxylic acids is 1. The fraction of sp³-hybridized carbons (Fsp3) is 0.241. The second-order valence-corrected chi connectivity index (χ2v) is 17.9. The number of thiophene rings is 1. The highest BCUT2D eigenvalue weighted by molar-refractivity contribution is 7.09. The van der Waals surface area contributed by atoms with E-state index >= 15 is 0 Å². The largest absolute Gasteiger partial charge is 0.480 e. The molecule has 348 valence electrons. The number of benzene rings is 5. The average Bonchev–Trinajstić information content (AvgIpc) is 3.87. The van der Waals surface area contributed by atoms with E-state index in [-0.39, 0.29) is 51.4 Å². The van der Waals surface area contributed by atoms with Crippen molar-refractivity contribution in [3.05, 3.63) is 184 Å². The van der Waals surface area contributed by atoms with Crippen LogP contribution in [0.15, 0.2) is 157 Å². The predicted octanol–water partition coefficient (Wildman–Crippen LogP) is 6.26. The normalized spacial score (nSPS) is 19.0. The van der Waals surface area contributed by atoms with Gasteiger partial charge in [0, 0.05) is 55.0 Å². The molecule has 0 radical (unpaired) electrons. The van der Waals surface area contributed by atoms with Crippen molar-refractivity contribution in [2.75, 3.05) is 5.32 Å². The molecule has 14 heteroatoms. The highest BCUT2D eigenvalue weighted by atomic mass is 32.1. The number of carboxylic acid groups (broad SMARTS) is 1. The Kier molecular flexibility index (Phi) is 16.8. The van der Waals surface area contributed by atoms with Crippen molar-refractivity contribution in [1.29, 1.82) is 0 Å². The standard InChI is InChI=1S/C54H53N5O8S/c60-48-33-41(51(63)59-47(54(66)67)32-36-13-6-2-7-14-36)29-37-20-24-42(25-21-37)55-49(61)26-27-50(62)56-46(34-43-17-10-28-68-43)53(65)58-45(52(64)57-44(48)30-35-11-4-1-5-12-35)31-38-18-22-40(23-19-38)39-15-8-3-9-16-39/h1-25,28,41,44-47H,26-27,29-34H2,(H,55,61)(H,56,62)(H,57,64)(H,58,65)(H,59,63)(H,66,67)/t41-,44-,45+,46-,47-/m1/s1. The third kappa shape index (κ3) is 14.1. The lowest BCUT2D eigenvalue weighted by molar-refractivity contribution is -0.142. The molecule has 8 rings (SSSR count). The summed E-state index contributed by atoms with van der Waals surface area (Å²) in [5, 5.41) is 26.1. The van der Waals surface area contributed by atoms with Gasteiger partial charge in [0.25, 0.3) is 0 Å². The van der Waals surface area contributed by atoms with Crippen LogP contribution < -0.4 is 26.6 Å². The lowest BCUT2D eigenvalue weighted by atomic mass is 9.89. The maximum Gasteiger partial charge on any atom is 0.326 e. The van der Waals surface area contributed by atoms with Crippen LogP contribution in [0.4, 0.5) is 5.69 Å². The van der Waals surface area contributed by atoms with Crippen LogP contribution >= 0.6 is 11.3 Å². The van der Waals surface area contributed by atoms with Crippen molar-refractivity contribution < 1.29 is 38.7 Å². The van der Waals surface area contributed by atoms with Crippen LogP contribution in [-0.4, -0.2) is 70.6 Å². The van der Waals surface area contributed by atoms with Gasteiger partial charge in [0.1, 0.15) is 18.1 Å². The molecular weight excluding hydrogens is 879 g/mol. The van der Waals surface area contributed by atoms with Gasteiger partial charge in [0.15, 0.2) is 5.78 Å². The van der Waals surface area contributed by atoms with Gasteiger partial charge in [0.05, 0.1) is 6.04 Å². The zero-order valence-corrected chi connectivity index (χ0v) is 38.1. The minimum absolute atomic E-state index is 0.00105. The van der Waals surface area contributed by atoms with E-state index in [2.05, 4.69) is 26.6 Å². The monoisotopic (exact) mass is 931 g/mol. The van der Waals surface area contributed by atoms with Gasteiger partial charge in [-0.1, -0.05) is 133 Å². The fourth-order valence-corrected chi connectivity index (χ4v) is 8.85. The number of carbonyl (C=O) groups is 7.